The minimum absolute atomic E-state index is 0.185. The molecule has 4 fully saturated rings. The van der Waals surface area contributed by atoms with Gasteiger partial charge in [0.1, 0.15) is 0 Å². The van der Waals surface area contributed by atoms with Crippen molar-refractivity contribution in [3.8, 4) is 0 Å². The van der Waals surface area contributed by atoms with Crippen LogP contribution in [-0.4, -0.2) is 46.2 Å². The van der Waals surface area contributed by atoms with E-state index < -0.39 is 23.7 Å². The van der Waals surface area contributed by atoms with E-state index in [-0.39, 0.29) is 17.3 Å². The van der Waals surface area contributed by atoms with Crippen molar-refractivity contribution in [2.45, 2.75) is 110 Å². The van der Waals surface area contributed by atoms with Crippen LogP contribution in [0.25, 0.3) is 0 Å². The summed E-state index contributed by atoms with van der Waals surface area (Å²) in [4.78, 5) is 12.6. The van der Waals surface area contributed by atoms with Crippen molar-refractivity contribution in [2.75, 3.05) is 6.61 Å². The second-order valence-corrected chi connectivity index (χ2v) is 13.0. The van der Waals surface area contributed by atoms with Gasteiger partial charge < -0.3 is 20.1 Å². The molecule has 0 radical (unpaired) electrons. The normalized spacial score (nSPS) is 38.4. The smallest absolute Gasteiger partial charge is 0.315 e. The lowest BCUT2D eigenvalue weighted by Crippen LogP contribution is -2.36. The number of rotatable bonds is 9. The van der Waals surface area contributed by atoms with Gasteiger partial charge in [-0.3, -0.25) is 4.79 Å². The van der Waals surface area contributed by atoms with Crippen molar-refractivity contribution in [3.63, 3.8) is 0 Å². The summed E-state index contributed by atoms with van der Waals surface area (Å²) >= 11 is 0. The van der Waals surface area contributed by atoms with E-state index in [0.29, 0.717) is 43.6 Å². The average molecular weight is 527 g/mol. The molecule has 4 rings (SSSR count). The summed E-state index contributed by atoms with van der Waals surface area (Å²) in [6.07, 6.45) is 15.9. The Morgan fingerprint density at radius 2 is 1.92 bits per heavy atom. The van der Waals surface area contributed by atoms with E-state index in [0.717, 1.165) is 49.7 Å². The maximum atomic E-state index is 12.6. The van der Waals surface area contributed by atoms with Gasteiger partial charge in [0.2, 0.25) is 0 Å². The first kappa shape index (κ1) is 29.3. The summed E-state index contributed by atoms with van der Waals surface area (Å²) in [6, 6.07) is 0. The van der Waals surface area contributed by atoms with E-state index >= 15 is 0 Å². The first-order chi connectivity index (χ1) is 18.0. The van der Waals surface area contributed by atoms with Crippen LogP contribution >= 0.6 is 0 Å². The van der Waals surface area contributed by atoms with Gasteiger partial charge >= 0.3 is 5.97 Å². The van der Waals surface area contributed by atoms with Crippen molar-refractivity contribution in [3.05, 3.63) is 47.6 Å². The predicted octanol–water partition coefficient (Wildman–Crippen LogP) is 6.05. The molecule has 4 aliphatic carbocycles. The standard InChI is InChI=1S/C33H50O5/c1-6-7-19-38-31(37)33(17-18-33)29(35)15-10-21(2)26-13-14-27-24(9-8-16-32(26,27)5)11-12-25-20-28(34)23(4)30(36)22(25)3/h10-12,15,21,23,26-30,34-36H,3,6-9,13-14,16-20H2,1-2,4-5H3/b15-10+,24-11+,25-12-/t21-,23+,26-,27+,28-,29+,30-,32-/m1/s1. The van der Waals surface area contributed by atoms with Gasteiger partial charge in [-0.1, -0.05) is 70.6 Å². The molecule has 5 nitrogen and oxygen atoms in total. The van der Waals surface area contributed by atoms with Gasteiger partial charge in [0.05, 0.1) is 30.3 Å². The molecule has 0 aromatic carbocycles. The molecule has 3 N–H and O–H groups in total. The lowest BCUT2D eigenvalue weighted by molar-refractivity contribution is -0.153. The fourth-order valence-corrected chi connectivity index (χ4v) is 7.59. The number of aliphatic hydroxyl groups is 3. The van der Waals surface area contributed by atoms with Gasteiger partial charge in [-0.25, -0.2) is 0 Å². The van der Waals surface area contributed by atoms with Gasteiger partial charge in [-0.15, -0.1) is 0 Å². The third-order valence-electron chi connectivity index (χ3n) is 10.6. The Morgan fingerprint density at radius 1 is 1.18 bits per heavy atom. The Balaban J connectivity index is 1.42. The summed E-state index contributed by atoms with van der Waals surface area (Å²) in [7, 11) is 0. The highest BCUT2D eigenvalue weighted by atomic mass is 16.5. The van der Waals surface area contributed by atoms with Gasteiger partial charge in [0.25, 0.3) is 0 Å². The molecule has 212 valence electrons. The van der Waals surface area contributed by atoms with E-state index in [4.69, 9.17) is 4.74 Å². The van der Waals surface area contributed by atoms with Crippen LogP contribution in [0.15, 0.2) is 47.6 Å². The van der Waals surface area contributed by atoms with Crippen LogP contribution in [0.1, 0.15) is 91.9 Å². The first-order valence-corrected chi connectivity index (χ1v) is 15.0. The zero-order chi connectivity index (χ0) is 27.7. The largest absolute Gasteiger partial charge is 0.465 e. The molecule has 0 amide bonds. The number of hydrogen-bond donors (Lipinski definition) is 3. The fourth-order valence-electron chi connectivity index (χ4n) is 7.59. The number of aliphatic hydroxyl groups excluding tert-OH is 3. The summed E-state index contributed by atoms with van der Waals surface area (Å²) in [5.41, 5.74) is 2.65. The molecule has 0 bridgehead atoms. The second-order valence-electron chi connectivity index (χ2n) is 13.0. The van der Waals surface area contributed by atoms with Crippen LogP contribution in [0.4, 0.5) is 0 Å². The van der Waals surface area contributed by atoms with E-state index in [1.807, 2.05) is 13.0 Å². The van der Waals surface area contributed by atoms with Crippen LogP contribution in [0.3, 0.4) is 0 Å². The molecular weight excluding hydrogens is 476 g/mol. The molecule has 38 heavy (non-hydrogen) atoms. The third kappa shape index (κ3) is 5.62. The Bertz CT molecular complexity index is 972. The number of allylic oxidation sites excluding steroid dienone is 4. The Labute approximate surface area is 229 Å². The molecule has 0 heterocycles. The first-order valence-electron chi connectivity index (χ1n) is 15.0. The summed E-state index contributed by atoms with van der Waals surface area (Å²) < 4.78 is 5.45. The maximum absolute atomic E-state index is 12.6. The molecule has 0 saturated heterocycles. The SMILES string of the molecule is C=C1/C(=C\C=C2/CCC[C@]3(C)[C@@H]([C@H](C)/C=C/[C@H](O)C4(C(=O)OCCCC)CC4)CC[C@@H]23)C[C@@H](O)[C@H](C)[C@@H]1O. The molecule has 0 spiro atoms. The number of esters is 1. The zero-order valence-electron chi connectivity index (χ0n) is 24.0. The van der Waals surface area contributed by atoms with Gasteiger partial charge in [0, 0.05) is 5.92 Å². The van der Waals surface area contributed by atoms with E-state index in [1.165, 1.54) is 12.0 Å². The summed E-state index contributed by atoms with van der Waals surface area (Å²) in [5.74, 6) is 0.931. The maximum Gasteiger partial charge on any atom is 0.315 e. The van der Waals surface area contributed by atoms with Gasteiger partial charge in [-0.05, 0) is 92.1 Å². The zero-order valence-corrected chi connectivity index (χ0v) is 24.0. The van der Waals surface area contributed by atoms with Crippen LogP contribution in [-0.2, 0) is 9.53 Å². The molecule has 4 saturated carbocycles. The Kier molecular flexibility index (Phi) is 9.11. The number of unbranched alkanes of at least 4 members (excludes halogenated alkanes) is 1. The Morgan fingerprint density at radius 3 is 2.61 bits per heavy atom. The van der Waals surface area contributed by atoms with Gasteiger partial charge in [-0.2, -0.15) is 0 Å². The molecular formula is C33H50O5. The van der Waals surface area contributed by atoms with Crippen molar-refractivity contribution in [1.29, 1.82) is 0 Å². The molecule has 5 heteroatoms. The highest BCUT2D eigenvalue weighted by Crippen LogP contribution is 2.59. The van der Waals surface area contributed by atoms with Crippen LogP contribution < -0.4 is 0 Å². The van der Waals surface area contributed by atoms with Crippen LogP contribution in [0.5, 0.6) is 0 Å². The predicted molar refractivity (Wildman–Crippen MR) is 151 cm³/mol. The number of ether oxygens (including phenoxy) is 1. The molecule has 0 aliphatic heterocycles. The monoisotopic (exact) mass is 526 g/mol. The third-order valence-corrected chi connectivity index (χ3v) is 10.6. The minimum atomic E-state index is -0.783. The van der Waals surface area contributed by atoms with E-state index in [9.17, 15) is 20.1 Å². The minimum Gasteiger partial charge on any atom is -0.465 e. The van der Waals surface area contributed by atoms with E-state index in [1.54, 1.807) is 0 Å². The van der Waals surface area contributed by atoms with Gasteiger partial charge in [0.15, 0.2) is 0 Å². The van der Waals surface area contributed by atoms with E-state index in [2.05, 4.69) is 45.6 Å². The summed E-state index contributed by atoms with van der Waals surface area (Å²) in [5, 5.41) is 31.8. The molecule has 0 aromatic rings. The number of hydrogen-bond acceptors (Lipinski definition) is 5. The quantitative estimate of drug-likeness (QED) is 0.193. The lowest BCUT2D eigenvalue weighted by Gasteiger charge is -2.44. The van der Waals surface area contributed by atoms with Crippen molar-refractivity contribution < 1.29 is 24.9 Å². The lowest BCUT2D eigenvalue weighted by atomic mass is 9.61. The highest BCUT2D eigenvalue weighted by Gasteiger charge is 2.56. The molecule has 8 atom stereocenters. The fraction of sp³-hybridized carbons (Fsp3) is 0.727. The van der Waals surface area contributed by atoms with Crippen molar-refractivity contribution in [1.82, 2.24) is 0 Å². The topological polar surface area (TPSA) is 87.0 Å². The second kappa shape index (κ2) is 11.8. The van der Waals surface area contributed by atoms with Crippen molar-refractivity contribution >= 4 is 5.97 Å². The number of carbonyl (C=O) groups excluding carboxylic acids is 1. The average Bonchev–Trinajstić information content (AvgIpc) is 3.63. The molecule has 0 aromatic heterocycles. The molecule has 4 aliphatic rings. The Hall–Kier alpha value is -1.69. The molecule has 0 unspecified atom stereocenters. The number of carbonyl (C=O) groups is 1. The highest BCUT2D eigenvalue weighted by molar-refractivity contribution is 5.81. The van der Waals surface area contributed by atoms with Crippen molar-refractivity contribution in [2.24, 2.45) is 34.5 Å². The summed E-state index contributed by atoms with van der Waals surface area (Å²) in [6.45, 7) is 13.2. The number of fused-ring (bicyclic) bond motifs is 1. The van der Waals surface area contributed by atoms with Crippen LogP contribution in [0.2, 0.25) is 0 Å². The van der Waals surface area contributed by atoms with Crippen LogP contribution in [0, 0.1) is 34.5 Å².